The maximum absolute atomic E-state index is 12.8. The van der Waals surface area contributed by atoms with E-state index in [4.69, 9.17) is 0 Å². The van der Waals surface area contributed by atoms with Crippen LogP contribution in [0.1, 0.15) is 16.7 Å². The highest BCUT2D eigenvalue weighted by Crippen LogP contribution is 2.33. The first-order valence-electron chi connectivity index (χ1n) is 8.63. The van der Waals surface area contributed by atoms with Gasteiger partial charge in [-0.1, -0.05) is 29.8 Å². The Balaban J connectivity index is 1.37. The second kappa shape index (κ2) is 6.06. The van der Waals surface area contributed by atoms with Crippen LogP contribution >= 0.6 is 0 Å². The van der Waals surface area contributed by atoms with Gasteiger partial charge in [-0.3, -0.25) is 14.4 Å². The first kappa shape index (κ1) is 15.4. The molecule has 126 valence electrons. The van der Waals surface area contributed by atoms with Gasteiger partial charge < -0.3 is 4.90 Å². The minimum atomic E-state index is 0.173. The Labute approximate surface area is 142 Å². The molecule has 5 nitrogen and oxygen atoms in total. The summed E-state index contributed by atoms with van der Waals surface area (Å²) in [5.41, 5.74) is 3.71. The second-order valence-electron chi connectivity index (χ2n) is 7.29. The number of benzene rings is 1. The molecule has 2 aliphatic heterocycles. The van der Waals surface area contributed by atoms with E-state index in [-0.39, 0.29) is 5.92 Å². The predicted octanol–water partition coefficient (Wildman–Crippen LogP) is 1.82. The maximum Gasteiger partial charge on any atom is 0.227 e. The van der Waals surface area contributed by atoms with Crippen molar-refractivity contribution in [3.05, 3.63) is 53.3 Å². The molecule has 1 aromatic heterocycles. The lowest BCUT2D eigenvalue weighted by Gasteiger charge is -2.21. The molecule has 2 aromatic rings. The fourth-order valence-electron chi connectivity index (χ4n) is 4.15. The van der Waals surface area contributed by atoms with Gasteiger partial charge in [0.15, 0.2) is 0 Å². The summed E-state index contributed by atoms with van der Waals surface area (Å²) < 4.78 is 1.83. The Kier molecular flexibility index (Phi) is 3.88. The van der Waals surface area contributed by atoms with Crippen molar-refractivity contribution >= 4 is 5.91 Å². The van der Waals surface area contributed by atoms with Crippen molar-refractivity contribution in [2.24, 2.45) is 18.9 Å². The first-order valence-corrected chi connectivity index (χ1v) is 8.63. The number of fused-ring (bicyclic) bond motifs is 1. The molecule has 1 amide bonds. The zero-order valence-electron chi connectivity index (χ0n) is 14.4. The Morgan fingerprint density at radius 3 is 2.75 bits per heavy atom. The molecule has 2 atom stereocenters. The average Bonchev–Trinajstić information content (AvgIpc) is 3.19. The molecule has 0 unspecified atom stereocenters. The number of hydrogen-bond donors (Lipinski definition) is 0. The van der Waals surface area contributed by atoms with E-state index in [9.17, 15) is 4.79 Å². The lowest BCUT2D eigenvalue weighted by Crippen LogP contribution is -2.32. The van der Waals surface area contributed by atoms with Gasteiger partial charge in [0.1, 0.15) is 0 Å². The third-order valence-electron chi connectivity index (χ3n) is 5.22. The Morgan fingerprint density at radius 1 is 1.17 bits per heavy atom. The highest BCUT2D eigenvalue weighted by atomic mass is 16.2. The first-order chi connectivity index (χ1) is 11.6. The van der Waals surface area contributed by atoms with Gasteiger partial charge >= 0.3 is 0 Å². The summed E-state index contributed by atoms with van der Waals surface area (Å²) in [5, 5.41) is 4.23. The monoisotopic (exact) mass is 324 g/mol. The fourth-order valence-corrected chi connectivity index (χ4v) is 4.15. The number of carbonyl (C=O) groups is 1. The van der Waals surface area contributed by atoms with Crippen LogP contribution in [-0.4, -0.2) is 45.1 Å². The quantitative estimate of drug-likeness (QED) is 0.861. The lowest BCUT2D eigenvalue weighted by molar-refractivity contribution is -0.131. The molecule has 1 aromatic carbocycles. The fraction of sp³-hybridized carbons (Fsp3) is 0.474. The number of likely N-dealkylation sites (tertiary alicyclic amines) is 2. The van der Waals surface area contributed by atoms with Gasteiger partial charge in [0.05, 0.1) is 12.1 Å². The van der Waals surface area contributed by atoms with Crippen molar-refractivity contribution in [3.8, 4) is 0 Å². The van der Waals surface area contributed by atoms with Crippen LogP contribution in [0.5, 0.6) is 0 Å². The van der Waals surface area contributed by atoms with Crippen molar-refractivity contribution in [2.45, 2.75) is 20.0 Å². The van der Waals surface area contributed by atoms with Gasteiger partial charge in [-0.2, -0.15) is 5.10 Å². The van der Waals surface area contributed by atoms with Crippen LogP contribution in [0, 0.1) is 18.8 Å². The molecule has 0 radical (unpaired) electrons. The second-order valence-corrected chi connectivity index (χ2v) is 7.29. The molecule has 0 saturated carbocycles. The summed E-state index contributed by atoms with van der Waals surface area (Å²) in [6.45, 7) is 6.52. The standard InChI is InChI=1S/C19H24N4O/c1-14-4-3-5-15(6-14)10-23-12-17-11-22(13-18(17)19(23)24)9-16-7-20-21(2)8-16/h3-8,17-18H,9-13H2,1-2H3/t17-,18-/m1/s1. The van der Waals surface area contributed by atoms with Crippen LogP contribution in [0.2, 0.25) is 0 Å². The molecule has 5 heteroatoms. The van der Waals surface area contributed by atoms with E-state index in [1.54, 1.807) is 0 Å². The van der Waals surface area contributed by atoms with Crippen LogP contribution in [-0.2, 0) is 24.9 Å². The highest BCUT2D eigenvalue weighted by molar-refractivity contribution is 5.82. The SMILES string of the molecule is Cc1cccc(CN2C[C@H]3CN(Cc4cnn(C)c4)C[C@H]3C2=O)c1. The molecule has 2 saturated heterocycles. The van der Waals surface area contributed by atoms with Gasteiger partial charge in [-0.15, -0.1) is 0 Å². The number of aryl methyl sites for hydroxylation is 2. The lowest BCUT2D eigenvalue weighted by atomic mass is 10.0. The largest absolute Gasteiger partial charge is 0.338 e. The summed E-state index contributed by atoms with van der Waals surface area (Å²) in [5.74, 6) is 0.973. The molecule has 24 heavy (non-hydrogen) atoms. The molecule has 0 spiro atoms. The van der Waals surface area contributed by atoms with E-state index >= 15 is 0 Å². The number of aromatic nitrogens is 2. The van der Waals surface area contributed by atoms with Gasteiger partial charge in [-0.05, 0) is 12.5 Å². The van der Waals surface area contributed by atoms with Crippen molar-refractivity contribution < 1.29 is 4.79 Å². The van der Waals surface area contributed by atoms with Gasteiger partial charge in [-0.25, -0.2) is 0 Å². The topological polar surface area (TPSA) is 41.4 Å². The summed E-state index contributed by atoms with van der Waals surface area (Å²) in [7, 11) is 1.94. The number of nitrogens with zero attached hydrogens (tertiary/aromatic N) is 4. The molecule has 0 aliphatic carbocycles. The number of hydrogen-bond acceptors (Lipinski definition) is 3. The van der Waals surface area contributed by atoms with Gasteiger partial charge in [0, 0.05) is 57.4 Å². The molecule has 3 heterocycles. The smallest absolute Gasteiger partial charge is 0.227 e. The van der Waals surface area contributed by atoms with Crippen LogP contribution in [0.25, 0.3) is 0 Å². The van der Waals surface area contributed by atoms with Crippen molar-refractivity contribution in [2.75, 3.05) is 19.6 Å². The van der Waals surface area contributed by atoms with Gasteiger partial charge in [0.25, 0.3) is 0 Å². The molecule has 0 N–H and O–H groups in total. The predicted molar refractivity (Wildman–Crippen MR) is 92.1 cm³/mol. The van der Waals surface area contributed by atoms with E-state index in [0.717, 1.165) is 32.7 Å². The Hall–Kier alpha value is -2.14. The summed E-state index contributed by atoms with van der Waals surface area (Å²) in [6.07, 6.45) is 3.97. The molecule has 0 bridgehead atoms. The van der Waals surface area contributed by atoms with Crippen LogP contribution in [0.4, 0.5) is 0 Å². The van der Waals surface area contributed by atoms with E-state index in [1.165, 1.54) is 16.7 Å². The third kappa shape index (κ3) is 2.96. The van der Waals surface area contributed by atoms with E-state index in [1.807, 2.05) is 22.8 Å². The minimum absolute atomic E-state index is 0.173. The molecule has 2 fully saturated rings. The zero-order valence-corrected chi connectivity index (χ0v) is 14.4. The maximum atomic E-state index is 12.8. The van der Waals surface area contributed by atoms with Crippen LogP contribution in [0.15, 0.2) is 36.7 Å². The normalized spacial score (nSPS) is 23.9. The molecular formula is C19H24N4O. The van der Waals surface area contributed by atoms with E-state index in [0.29, 0.717) is 11.8 Å². The van der Waals surface area contributed by atoms with Crippen molar-refractivity contribution in [1.82, 2.24) is 19.6 Å². The number of rotatable bonds is 4. The Morgan fingerprint density at radius 2 is 2.04 bits per heavy atom. The van der Waals surface area contributed by atoms with Gasteiger partial charge in [0.2, 0.25) is 5.91 Å². The molecule has 2 aliphatic rings. The molecule has 4 rings (SSSR count). The number of carbonyl (C=O) groups excluding carboxylic acids is 1. The van der Waals surface area contributed by atoms with E-state index < -0.39 is 0 Å². The summed E-state index contributed by atoms with van der Waals surface area (Å²) in [6, 6.07) is 8.46. The van der Waals surface area contributed by atoms with Crippen molar-refractivity contribution in [1.29, 1.82) is 0 Å². The third-order valence-corrected chi connectivity index (χ3v) is 5.22. The minimum Gasteiger partial charge on any atom is -0.338 e. The summed E-state index contributed by atoms with van der Waals surface area (Å²) in [4.78, 5) is 17.2. The molecular weight excluding hydrogens is 300 g/mol. The van der Waals surface area contributed by atoms with E-state index in [2.05, 4.69) is 47.4 Å². The summed E-state index contributed by atoms with van der Waals surface area (Å²) >= 11 is 0. The average molecular weight is 324 g/mol. The zero-order chi connectivity index (χ0) is 16.7. The highest BCUT2D eigenvalue weighted by Gasteiger charge is 2.45. The van der Waals surface area contributed by atoms with Crippen LogP contribution in [0.3, 0.4) is 0 Å². The number of amides is 1. The van der Waals surface area contributed by atoms with Crippen LogP contribution < -0.4 is 0 Å². The Bertz CT molecular complexity index is 753. The van der Waals surface area contributed by atoms with Crippen molar-refractivity contribution in [3.63, 3.8) is 0 Å².